The molecule has 6 atom stereocenters. The molecule has 13 nitrogen and oxygen atoms in total. The minimum atomic E-state index is 0.318. The number of anilines is 2. The minimum Gasteiger partial charge on any atom is -0.492 e. The lowest BCUT2D eigenvalue weighted by Gasteiger charge is -2.35. The number of thioether (sulfide) groups is 1. The summed E-state index contributed by atoms with van der Waals surface area (Å²) in [6.07, 6.45) is 15.6. The molecular weight excluding hydrogens is 801 g/mol. The lowest BCUT2D eigenvalue weighted by atomic mass is 9.98. The number of ether oxygens (including phenoxy) is 1. The summed E-state index contributed by atoms with van der Waals surface area (Å²) in [6, 6.07) is 17.0. The largest absolute Gasteiger partial charge is 0.492 e. The SMILES string of the molecule is CC1=NC(C)SC1CN=C1CC(CCCCc2ccc(OCCc3nc(C)sc3CNc3cc(C(C)CC4CC4c4ccccn4)nc4ccnn34)cn2)N(C)c2ccnn21. The van der Waals surface area contributed by atoms with Crippen LogP contribution >= 0.6 is 23.1 Å². The molecule has 318 valence electrons. The van der Waals surface area contributed by atoms with Gasteiger partial charge in [-0.05, 0) is 89.0 Å². The number of aliphatic imine (C=N–C) groups is 2. The first-order valence-electron chi connectivity index (χ1n) is 21.8. The van der Waals surface area contributed by atoms with Crippen LogP contribution < -0.4 is 15.0 Å². The normalized spacial score (nSPS) is 22.1. The van der Waals surface area contributed by atoms with Crippen LogP contribution in [0.25, 0.3) is 5.65 Å². The van der Waals surface area contributed by atoms with E-state index in [4.69, 9.17) is 29.7 Å². The van der Waals surface area contributed by atoms with Gasteiger partial charge < -0.3 is 15.0 Å². The van der Waals surface area contributed by atoms with Crippen molar-refractivity contribution in [1.82, 2.24) is 39.3 Å². The van der Waals surface area contributed by atoms with Crippen LogP contribution in [0.15, 0.2) is 83.3 Å². The van der Waals surface area contributed by atoms with Crippen LogP contribution in [0.1, 0.15) is 104 Å². The molecule has 0 bridgehead atoms. The van der Waals surface area contributed by atoms with E-state index in [0.29, 0.717) is 54.0 Å². The molecule has 6 aromatic heterocycles. The number of aryl methyl sites for hydroxylation is 2. The Kier molecular flexibility index (Phi) is 12.5. The number of pyridine rings is 2. The molecule has 0 amide bonds. The van der Waals surface area contributed by atoms with Crippen molar-refractivity contribution in [3.63, 3.8) is 0 Å². The summed E-state index contributed by atoms with van der Waals surface area (Å²) in [4.78, 5) is 32.6. The van der Waals surface area contributed by atoms with Gasteiger partial charge in [0, 0.05) is 83.9 Å². The highest BCUT2D eigenvalue weighted by molar-refractivity contribution is 8.01. The van der Waals surface area contributed by atoms with Gasteiger partial charge in [-0.1, -0.05) is 19.4 Å². The Balaban J connectivity index is 0.733. The van der Waals surface area contributed by atoms with E-state index in [1.165, 1.54) is 22.7 Å². The molecule has 0 aromatic carbocycles. The van der Waals surface area contributed by atoms with Gasteiger partial charge in [0.2, 0.25) is 0 Å². The third-order valence-electron chi connectivity index (χ3n) is 12.3. The lowest BCUT2D eigenvalue weighted by Crippen LogP contribution is -2.42. The van der Waals surface area contributed by atoms with Crippen molar-refractivity contribution in [2.75, 3.05) is 30.4 Å². The molecule has 1 fully saturated rings. The third kappa shape index (κ3) is 9.67. The van der Waals surface area contributed by atoms with E-state index in [0.717, 1.165) is 96.0 Å². The Morgan fingerprint density at radius 3 is 2.72 bits per heavy atom. The van der Waals surface area contributed by atoms with Crippen molar-refractivity contribution in [3.8, 4) is 5.75 Å². The van der Waals surface area contributed by atoms with Crippen LogP contribution in [0, 0.1) is 12.8 Å². The molecular formula is C46H56N12OS2. The summed E-state index contributed by atoms with van der Waals surface area (Å²) in [5, 5.41) is 14.6. The fourth-order valence-electron chi connectivity index (χ4n) is 8.87. The molecule has 9 rings (SSSR count). The van der Waals surface area contributed by atoms with E-state index in [2.05, 4.69) is 90.5 Å². The van der Waals surface area contributed by atoms with Gasteiger partial charge in [-0.15, -0.1) is 23.1 Å². The topological polar surface area (TPSA) is 136 Å². The Labute approximate surface area is 366 Å². The summed E-state index contributed by atoms with van der Waals surface area (Å²) >= 11 is 3.62. The summed E-state index contributed by atoms with van der Waals surface area (Å²) in [7, 11) is 2.18. The molecule has 6 unspecified atom stereocenters. The van der Waals surface area contributed by atoms with E-state index in [-0.39, 0.29) is 0 Å². The Morgan fingerprint density at radius 1 is 1.00 bits per heavy atom. The maximum Gasteiger partial charge on any atom is 0.157 e. The highest BCUT2D eigenvalue weighted by atomic mass is 32.2. The fraction of sp³-hybridized carbons (Fsp3) is 0.478. The zero-order chi connectivity index (χ0) is 41.9. The maximum absolute atomic E-state index is 6.19. The van der Waals surface area contributed by atoms with E-state index >= 15 is 0 Å². The molecule has 0 saturated heterocycles. The molecule has 1 saturated carbocycles. The van der Waals surface area contributed by atoms with Crippen molar-refractivity contribution < 1.29 is 4.74 Å². The Bertz CT molecular complexity index is 2480. The zero-order valence-electron chi connectivity index (χ0n) is 35.8. The number of rotatable bonds is 18. The average Bonchev–Trinajstić information content (AvgIpc) is 3.68. The summed E-state index contributed by atoms with van der Waals surface area (Å²) in [5.41, 5.74) is 6.51. The lowest BCUT2D eigenvalue weighted by molar-refractivity contribution is 0.319. The molecule has 15 heteroatoms. The number of thiazole rings is 1. The monoisotopic (exact) mass is 856 g/mol. The van der Waals surface area contributed by atoms with Gasteiger partial charge in [0.1, 0.15) is 23.2 Å². The molecule has 1 aliphatic carbocycles. The van der Waals surface area contributed by atoms with Gasteiger partial charge in [-0.3, -0.25) is 20.0 Å². The molecule has 0 radical (unpaired) electrons. The number of unbranched alkanes of at least 4 members (excludes halogenated alkanes) is 1. The molecule has 1 N–H and O–H groups in total. The molecule has 0 spiro atoms. The van der Waals surface area contributed by atoms with Crippen molar-refractivity contribution in [2.24, 2.45) is 15.9 Å². The van der Waals surface area contributed by atoms with Crippen molar-refractivity contribution >= 4 is 51.9 Å². The number of hydrogen-bond acceptors (Lipinski definition) is 13. The van der Waals surface area contributed by atoms with E-state index in [1.807, 2.05) is 63.9 Å². The summed E-state index contributed by atoms with van der Waals surface area (Å²) in [6.45, 7) is 10.6. The van der Waals surface area contributed by atoms with E-state index < -0.39 is 0 Å². The number of fused-ring (bicyclic) bond motifs is 2. The Morgan fingerprint density at radius 2 is 1.90 bits per heavy atom. The van der Waals surface area contributed by atoms with Crippen molar-refractivity contribution in [2.45, 2.75) is 114 Å². The van der Waals surface area contributed by atoms with Crippen molar-refractivity contribution in [1.29, 1.82) is 0 Å². The second kappa shape index (κ2) is 18.4. The van der Waals surface area contributed by atoms with Crippen LogP contribution in [0.2, 0.25) is 0 Å². The highest BCUT2D eigenvalue weighted by Gasteiger charge is 2.40. The second-order valence-corrected chi connectivity index (χ2v) is 19.6. The smallest absolute Gasteiger partial charge is 0.157 e. The summed E-state index contributed by atoms with van der Waals surface area (Å²) < 4.78 is 10.1. The minimum absolute atomic E-state index is 0.318. The Hall–Kier alpha value is -5.15. The molecule has 61 heavy (non-hydrogen) atoms. The van der Waals surface area contributed by atoms with Crippen LogP contribution in [-0.4, -0.2) is 87.7 Å². The number of nitrogens with zero attached hydrogens (tertiary/aromatic N) is 11. The zero-order valence-corrected chi connectivity index (χ0v) is 37.4. The van der Waals surface area contributed by atoms with Crippen molar-refractivity contribution in [3.05, 3.63) is 106 Å². The van der Waals surface area contributed by atoms with Gasteiger partial charge in [-0.2, -0.15) is 14.7 Å². The maximum atomic E-state index is 6.19. The van der Waals surface area contributed by atoms with Gasteiger partial charge in [0.25, 0.3) is 0 Å². The molecule has 3 aliphatic rings. The predicted octanol–water partition coefficient (Wildman–Crippen LogP) is 8.80. The first-order valence-corrected chi connectivity index (χ1v) is 23.5. The molecule has 8 heterocycles. The number of nitrogens with one attached hydrogen (secondary N) is 1. The highest BCUT2D eigenvalue weighted by Crippen LogP contribution is 2.51. The summed E-state index contributed by atoms with van der Waals surface area (Å²) in [5.74, 6) is 5.43. The third-order valence-corrected chi connectivity index (χ3v) is 14.6. The van der Waals surface area contributed by atoms with Crippen LogP contribution in [-0.2, 0) is 19.4 Å². The average molecular weight is 857 g/mol. The van der Waals surface area contributed by atoms with Gasteiger partial charge >= 0.3 is 0 Å². The van der Waals surface area contributed by atoms with Gasteiger partial charge in [0.15, 0.2) is 5.65 Å². The number of hydrogen-bond donors (Lipinski definition) is 1. The predicted molar refractivity (Wildman–Crippen MR) is 247 cm³/mol. The van der Waals surface area contributed by atoms with Gasteiger partial charge in [0.05, 0.1) is 59.6 Å². The van der Waals surface area contributed by atoms with Crippen LogP contribution in [0.5, 0.6) is 5.75 Å². The molecule has 6 aromatic rings. The fourth-order valence-corrected chi connectivity index (χ4v) is 10.9. The van der Waals surface area contributed by atoms with Crippen LogP contribution in [0.3, 0.4) is 0 Å². The van der Waals surface area contributed by atoms with Crippen LogP contribution in [0.4, 0.5) is 11.6 Å². The number of aromatic nitrogens is 8. The quantitative estimate of drug-likeness (QED) is 0.0836. The van der Waals surface area contributed by atoms with E-state index in [9.17, 15) is 0 Å². The first kappa shape index (κ1) is 41.2. The van der Waals surface area contributed by atoms with Gasteiger partial charge in [-0.25, -0.2) is 14.6 Å². The second-order valence-electron chi connectivity index (χ2n) is 16.8. The standard InChI is InChI=1S/C46H56N12OS2/c1-29(22-33-23-37(33)38-12-8-9-18-47-38)40-25-45(57-43(55-40)15-19-51-57)50-28-42-39(54-32(4)61-42)17-21-59-36-14-13-34(48-26-36)10-6-7-11-35-24-44(58-46(56(35)5)16-20-52-58)49-27-41-30(2)53-31(3)60-41/h8-9,12-16,18-20,25-26,29,31,33,35,37,41,50H,6-7,10-11,17,21-24,27-28H2,1-5H3. The van der Waals surface area contributed by atoms with E-state index in [1.54, 1.807) is 11.3 Å². The molecule has 2 aliphatic heterocycles. The first-order chi connectivity index (χ1) is 29.8.